The van der Waals surface area contributed by atoms with E-state index in [1.54, 1.807) is 11.1 Å². The molecule has 0 amide bonds. The van der Waals surface area contributed by atoms with Gasteiger partial charge in [-0.1, -0.05) is 38.8 Å². The molecule has 0 aromatic carbocycles. The van der Waals surface area contributed by atoms with E-state index in [9.17, 15) is 19.8 Å². The summed E-state index contributed by atoms with van der Waals surface area (Å²) < 4.78 is 0. The second kappa shape index (κ2) is 5.86. The Balaban J connectivity index is 1.77. The first kappa shape index (κ1) is 20.0. The van der Waals surface area contributed by atoms with Gasteiger partial charge in [0.15, 0.2) is 0 Å². The Bertz CT molecular complexity index is 769. The molecule has 4 aliphatic rings. The van der Waals surface area contributed by atoms with Crippen LogP contribution in [-0.2, 0) is 9.59 Å². The van der Waals surface area contributed by atoms with Gasteiger partial charge in [-0.05, 0) is 86.4 Å². The quantitative estimate of drug-likeness (QED) is 0.624. The number of rotatable bonds is 3. The highest BCUT2D eigenvalue weighted by atomic mass is 16.4. The molecule has 2 N–H and O–H groups in total. The van der Waals surface area contributed by atoms with Crippen molar-refractivity contribution in [1.82, 2.24) is 0 Å². The maximum Gasteiger partial charge on any atom is 0.309 e. The van der Waals surface area contributed by atoms with Gasteiger partial charge in [-0.3, -0.25) is 9.59 Å². The zero-order valence-electron chi connectivity index (χ0n) is 18.1. The van der Waals surface area contributed by atoms with Crippen LogP contribution in [0.15, 0.2) is 11.1 Å². The molecule has 0 saturated heterocycles. The summed E-state index contributed by atoms with van der Waals surface area (Å²) in [7, 11) is 0. The summed E-state index contributed by atoms with van der Waals surface area (Å²) in [6, 6.07) is 0. The van der Waals surface area contributed by atoms with Gasteiger partial charge in [0.25, 0.3) is 0 Å². The van der Waals surface area contributed by atoms with Crippen LogP contribution in [0.5, 0.6) is 0 Å². The van der Waals surface area contributed by atoms with Crippen molar-refractivity contribution in [2.75, 3.05) is 0 Å². The van der Waals surface area contributed by atoms with Crippen LogP contribution in [0.1, 0.15) is 86.0 Å². The van der Waals surface area contributed by atoms with E-state index in [2.05, 4.69) is 20.8 Å². The van der Waals surface area contributed by atoms with Gasteiger partial charge < -0.3 is 10.2 Å². The van der Waals surface area contributed by atoms with Gasteiger partial charge in [0.05, 0.1) is 11.3 Å². The summed E-state index contributed by atoms with van der Waals surface area (Å²) >= 11 is 0. The molecule has 0 aliphatic heterocycles. The fourth-order valence-corrected chi connectivity index (χ4v) is 8.43. The predicted octanol–water partition coefficient (Wildman–Crippen LogP) is 5.52. The van der Waals surface area contributed by atoms with Gasteiger partial charge in [0.1, 0.15) is 0 Å². The Labute approximate surface area is 168 Å². The van der Waals surface area contributed by atoms with Gasteiger partial charge >= 0.3 is 11.9 Å². The van der Waals surface area contributed by atoms with Gasteiger partial charge in [-0.2, -0.15) is 0 Å². The molecule has 2 saturated carbocycles. The van der Waals surface area contributed by atoms with E-state index >= 15 is 0 Å². The molecule has 0 unspecified atom stereocenters. The Morgan fingerprint density at radius 2 is 1.61 bits per heavy atom. The fourth-order valence-electron chi connectivity index (χ4n) is 8.43. The molecule has 4 rings (SSSR count). The largest absolute Gasteiger partial charge is 0.481 e. The third-order valence-corrected chi connectivity index (χ3v) is 10.5. The lowest BCUT2D eigenvalue weighted by atomic mass is 9.47. The lowest BCUT2D eigenvalue weighted by Crippen LogP contribution is -2.49. The number of carbonyl (C=O) groups is 2. The number of carboxylic acids is 2. The van der Waals surface area contributed by atoms with Crippen molar-refractivity contribution in [1.29, 1.82) is 0 Å². The van der Waals surface area contributed by atoms with Crippen LogP contribution in [0.4, 0.5) is 0 Å². The molecule has 0 bridgehead atoms. The molecular formula is C24H36O4. The lowest BCUT2D eigenvalue weighted by Gasteiger charge is -2.57. The third-order valence-electron chi connectivity index (χ3n) is 10.5. The van der Waals surface area contributed by atoms with Crippen LogP contribution in [0.25, 0.3) is 0 Å². The first-order valence-corrected chi connectivity index (χ1v) is 11.1. The van der Waals surface area contributed by atoms with Crippen molar-refractivity contribution in [3.8, 4) is 0 Å². The smallest absolute Gasteiger partial charge is 0.309 e. The molecule has 0 heterocycles. The summed E-state index contributed by atoms with van der Waals surface area (Å²) in [5.41, 5.74) is 2.62. The second-order valence-corrected chi connectivity index (χ2v) is 11.2. The molecule has 156 valence electrons. The zero-order valence-corrected chi connectivity index (χ0v) is 18.1. The van der Waals surface area contributed by atoms with Crippen LogP contribution >= 0.6 is 0 Å². The summed E-state index contributed by atoms with van der Waals surface area (Å²) in [5.74, 6) is -1.16. The molecule has 28 heavy (non-hydrogen) atoms. The van der Waals surface area contributed by atoms with Gasteiger partial charge in [0.2, 0.25) is 0 Å². The molecule has 7 atom stereocenters. The summed E-state index contributed by atoms with van der Waals surface area (Å²) in [5, 5.41) is 19.6. The average Bonchev–Trinajstić information content (AvgIpc) is 3.06. The van der Waals surface area contributed by atoms with E-state index in [0.717, 1.165) is 51.4 Å². The van der Waals surface area contributed by atoms with Crippen LogP contribution in [0.3, 0.4) is 0 Å². The molecule has 0 aromatic heterocycles. The lowest BCUT2D eigenvalue weighted by molar-refractivity contribution is -0.151. The maximum atomic E-state index is 12.1. The van der Waals surface area contributed by atoms with Crippen molar-refractivity contribution in [2.24, 2.45) is 39.4 Å². The molecule has 4 aliphatic carbocycles. The number of hydrogen-bond acceptors (Lipinski definition) is 2. The second-order valence-electron chi connectivity index (χ2n) is 11.2. The minimum Gasteiger partial charge on any atom is -0.481 e. The van der Waals surface area contributed by atoms with Crippen LogP contribution < -0.4 is 0 Å². The topological polar surface area (TPSA) is 74.6 Å². The average molecular weight is 389 g/mol. The van der Waals surface area contributed by atoms with Crippen molar-refractivity contribution in [3.63, 3.8) is 0 Å². The van der Waals surface area contributed by atoms with Crippen LogP contribution in [0.2, 0.25) is 0 Å². The Morgan fingerprint density at radius 1 is 0.929 bits per heavy atom. The molecule has 4 heteroatoms. The minimum absolute atomic E-state index is 0.00155. The van der Waals surface area contributed by atoms with Crippen LogP contribution in [0, 0.1) is 39.4 Å². The van der Waals surface area contributed by atoms with Crippen LogP contribution in [-0.4, -0.2) is 22.2 Å². The Morgan fingerprint density at radius 3 is 2.21 bits per heavy atom. The van der Waals surface area contributed by atoms with E-state index < -0.39 is 17.4 Å². The number of aliphatic carboxylic acids is 2. The SMILES string of the molecule is C[C@H](C(=O)O)[C@H]1CC[C@@]2(C)C3=C(CC[C@]12C)[C@@]1(C)CC[C@@](C)(C(=O)O)[C@@H]1CC3. The Hall–Kier alpha value is -1.32. The monoisotopic (exact) mass is 388 g/mol. The molecule has 4 nitrogen and oxygen atoms in total. The molecule has 0 spiro atoms. The first-order valence-electron chi connectivity index (χ1n) is 11.1. The molecular weight excluding hydrogens is 352 g/mol. The summed E-state index contributed by atoms with van der Waals surface area (Å²) in [4.78, 5) is 23.8. The predicted molar refractivity (Wildman–Crippen MR) is 108 cm³/mol. The van der Waals surface area contributed by atoms with Gasteiger partial charge in [0, 0.05) is 0 Å². The van der Waals surface area contributed by atoms with E-state index in [-0.39, 0.29) is 34.0 Å². The standard InChI is InChI=1S/C24H36O4/c1-14(19(25)26)15-8-10-24(5)17-6-7-18-21(2,12-13-22(18,3)20(27)28)16(17)9-11-23(15,24)4/h14-15,18H,6-13H2,1-5H3,(H,25,26)(H,27,28)/t14-,15+,18+,21+,22+,23+,24-/m0/s1. The highest BCUT2D eigenvalue weighted by Crippen LogP contribution is 2.73. The number of fused-ring (bicyclic) bond motifs is 4. The number of carboxylic acid groups (broad SMARTS) is 2. The van der Waals surface area contributed by atoms with E-state index in [4.69, 9.17) is 0 Å². The van der Waals surface area contributed by atoms with Crippen molar-refractivity contribution in [2.45, 2.75) is 86.0 Å². The first-order chi connectivity index (χ1) is 12.9. The normalized spacial score (nSPS) is 48.6. The minimum atomic E-state index is -0.668. The van der Waals surface area contributed by atoms with Gasteiger partial charge in [-0.15, -0.1) is 0 Å². The molecule has 2 fully saturated rings. The van der Waals surface area contributed by atoms with E-state index in [1.165, 1.54) is 0 Å². The highest BCUT2D eigenvalue weighted by Gasteiger charge is 2.65. The van der Waals surface area contributed by atoms with Gasteiger partial charge in [-0.25, -0.2) is 0 Å². The number of allylic oxidation sites excluding steroid dienone is 2. The van der Waals surface area contributed by atoms with E-state index in [0.29, 0.717) is 0 Å². The van der Waals surface area contributed by atoms with E-state index in [1.807, 2.05) is 13.8 Å². The third kappa shape index (κ3) is 2.18. The molecule has 0 aromatic rings. The molecule has 0 radical (unpaired) electrons. The zero-order chi connectivity index (χ0) is 20.7. The highest BCUT2D eigenvalue weighted by molar-refractivity contribution is 5.75. The fraction of sp³-hybridized carbons (Fsp3) is 0.833. The maximum absolute atomic E-state index is 12.1. The summed E-state index contributed by atoms with van der Waals surface area (Å²) in [6.07, 6.45) is 7.82. The van der Waals surface area contributed by atoms with Crippen molar-refractivity contribution < 1.29 is 19.8 Å². The summed E-state index contributed by atoms with van der Waals surface area (Å²) in [6.45, 7) is 10.9. The number of hydrogen-bond donors (Lipinski definition) is 2. The Kier molecular flexibility index (Phi) is 4.18. The van der Waals surface area contributed by atoms with Crippen molar-refractivity contribution >= 4 is 11.9 Å². The van der Waals surface area contributed by atoms with Crippen molar-refractivity contribution in [3.05, 3.63) is 11.1 Å².